The molecule has 0 spiro atoms. The topological polar surface area (TPSA) is 103 Å². The van der Waals surface area contributed by atoms with Crippen LogP contribution in [0.15, 0.2) is 78.9 Å². The van der Waals surface area contributed by atoms with E-state index in [2.05, 4.69) is 10.6 Å². The Balaban J connectivity index is 1.60. The Labute approximate surface area is 186 Å². The number of ether oxygens (including phenoxy) is 2. The van der Waals surface area contributed by atoms with Gasteiger partial charge in [0, 0.05) is 24.2 Å². The Morgan fingerprint density at radius 3 is 2.53 bits per heavy atom. The van der Waals surface area contributed by atoms with Crippen molar-refractivity contribution in [3.8, 4) is 5.75 Å². The summed E-state index contributed by atoms with van der Waals surface area (Å²) in [6, 6.07) is 23.9. The Morgan fingerprint density at radius 1 is 0.969 bits per heavy atom. The molecule has 0 fully saturated rings. The van der Waals surface area contributed by atoms with Crippen LogP contribution in [0.25, 0.3) is 0 Å². The van der Waals surface area contributed by atoms with Gasteiger partial charge in [-0.05, 0) is 29.3 Å². The van der Waals surface area contributed by atoms with Crippen molar-refractivity contribution < 1.29 is 19.1 Å². The second-order valence-electron chi connectivity index (χ2n) is 7.55. The summed E-state index contributed by atoms with van der Waals surface area (Å²) < 4.78 is 11.2. The van der Waals surface area contributed by atoms with E-state index in [-0.39, 0.29) is 25.5 Å². The molecule has 3 aromatic carbocycles. The van der Waals surface area contributed by atoms with Gasteiger partial charge >= 0.3 is 6.09 Å². The molecule has 0 saturated heterocycles. The fourth-order valence-corrected chi connectivity index (χ4v) is 3.76. The molecule has 7 heteroatoms. The molecule has 32 heavy (non-hydrogen) atoms. The number of benzene rings is 3. The van der Waals surface area contributed by atoms with Crippen LogP contribution in [0.5, 0.6) is 5.75 Å². The van der Waals surface area contributed by atoms with Gasteiger partial charge in [0.1, 0.15) is 12.4 Å². The van der Waals surface area contributed by atoms with Crippen molar-refractivity contribution in [3.05, 3.63) is 95.6 Å². The molecular weight excluding hydrogens is 406 g/mol. The number of carbonyl (C=O) groups is 2. The molecule has 1 aliphatic heterocycles. The van der Waals surface area contributed by atoms with Crippen LogP contribution < -0.4 is 21.1 Å². The molecule has 1 atom stereocenters. The zero-order valence-corrected chi connectivity index (χ0v) is 17.5. The summed E-state index contributed by atoms with van der Waals surface area (Å²) in [6.45, 7) is 0.725. The SMILES string of the molecule is NCc1cccc(NC(=O)[C@]2(NC(=O)OCc3ccccc3)CCOc3ccccc32)c1. The van der Waals surface area contributed by atoms with Crippen molar-refractivity contribution >= 4 is 17.7 Å². The van der Waals surface area contributed by atoms with Gasteiger partial charge in [-0.1, -0.05) is 60.7 Å². The average Bonchev–Trinajstić information content (AvgIpc) is 2.83. The Kier molecular flexibility index (Phi) is 6.37. The molecule has 4 N–H and O–H groups in total. The highest BCUT2D eigenvalue weighted by atomic mass is 16.5. The fourth-order valence-electron chi connectivity index (χ4n) is 3.76. The van der Waals surface area contributed by atoms with Crippen molar-refractivity contribution in [1.29, 1.82) is 0 Å². The number of carbonyl (C=O) groups excluding carboxylic acids is 2. The smallest absolute Gasteiger partial charge is 0.408 e. The van der Waals surface area contributed by atoms with Crippen molar-refractivity contribution in [2.24, 2.45) is 5.73 Å². The predicted octanol–water partition coefficient (Wildman–Crippen LogP) is 3.69. The number of rotatable bonds is 6. The molecule has 0 saturated carbocycles. The lowest BCUT2D eigenvalue weighted by Gasteiger charge is -2.37. The van der Waals surface area contributed by atoms with Gasteiger partial charge in [-0.2, -0.15) is 0 Å². The molecule has 1 heterocycles. The summed E-state index contributed by atoms with van der Waals surface area (Å²) >= 11 is 0. The molecule has 7 nitrogen and oxygen atoms in total. The second kappa shape index (κ2) is 9.53. The van der Waals surface area contributed by atoms with E-state index in [1.165, 1.54) is 0 Å². The van der Waals surface area contributed by atoms with Crippen LogP contribution in [0.4, 0.5) is 10.5 Å². The van der Waals surface area contributed by atoms with Gasteiger partial charge in [0.15, 0.2) is 5.54 Å². The molecule has 0 aromatic heterocycles. The van der Waals surface area contributed by atoms with Crippen molar-refractivity contribution in [1.82, 2.24) is 5.32 Å². The Morgan fingerprint density at radius 2 is 1.72 bits per heavy atom. The monoisotopic (exact) mass is 431 g/mol. The molecule has 0 radical (unpaired) electrons. The van der Waals surface area contributed by atoms with Crippen molar-refractivity contribution in [2.75, 3.05) is 11.9 Å². The van der Waals surface area contributed by atoms with E-state index in [1.54, 1.807) is 18.2 Å². The number of anilines is 1. The van der Waals surface area contributed by atoms with Crippen LogP contribution in [-0.4, -0.2) is 18.6 Å². The zero-order valence-electron chi connectivity index (χ0n) is 17.5. The van der Waals surface area contributed by atoms with E-state index in [9.17, 15) is 9.59 Å². The van der Waals surface area contributed by atoms with Crippen molar-refractivity contribution in [3.63, 3.8) is 0 Å². The number of hydrogen-bond acceptors (Lipinski definition) is 5. The lowest BCUT2D eigenvalue weighted by Crippen LogP contribution is -2.56. The molecule has 2 amide bonds. The number of nitrogens with one attached hydrogen (secondary N) is 2. The third kappa shape index (κ3) is 4.58. The maximum atomic E-state index is 13.6. The quantitative estimate of drug-likeness (QED) is 0.552. The first-order valence-corrected chi connectivity index (χ1v) is 10.4. The van der Waals surface area contributed by atoms with Crippen LogP contribution >= 0.6 is 0 Å². The first-order valence-electron chi connectivity index (χ1n) is 10.4. The van der Waals surface area contributed by atoms with Crippen molar-refractivity contribution in [2.45, 2.75) is 25.1 Å². The third-order valence-electron chi connectivity index (χ3n) is 5.42. The molecule has 0 bridgehead atoms. The van der Waals surface area contributed by atoms with Gasteiger partial charge in [0.2, 0.25) is 0 Å². The minimum atomic E-state index is -1.35. The molecule has 3 aromatic rings. The predicted molar refractivity (Wildman–Crippen MR) is 121 cm³/mol. The molecule has 0 aliphatic carbocycles. The van der Waals surface area contributed by atoms with Gasteiger partial charge in [0.05, 0.1) is 6.61 Å². The number of nitrogens with two attached hydrogens (primary N) is 1. The van der Waals surface area contributed by atoms with Gasteiger partial charge in [-0.25, -0.2) is 4.79 Å². The summed E-state index contributed by atoms with van der Waals surface area (Å²) in [7, 11) is 0. The molecule has 4 rings (SSSR count). The summed E-state index contributed by atoms with van der Waals surface area (Å²) in [5.74, 6) is 0.173. The van der Waals surface area contributed by atoms with Gasteiger partial charge in [-0.15, -0.1) is 0 Å². The Hall–Kier alpha value is -3.84. The average molecular weight is 431 g/mol. The summed E-state index contributed by atoms with van der Waals surface area (Å²) in [5, 5.41) is 5.76. The highest BCUT2D eigenvalue weighted by Crippen LogP contribution is 2.38. The minimum absolute atomic E-state index is 0.0983. The van der Waals surface area contributed by atoms with E-state index >= 15 is 0 Å². The maximum absolute atomic E-state index is 13.6. The van der Waals surface area contributed by atoms with Crippen LogP contribution in [0.2, 0.25) is 0 Å². The number of para-hydroxylation sites is 1. The van der Waals surface area contributed by atoms with E-state index in [0.29, 0.717) is 23.5 Å². The number of alkyl carbamates (subject to hydrolysis) is 1. The lowest BCUT2D eigenvalue weighted by atomic mass is 9.83. The molecule has 0 unspecified atom stereocenters. The minimum Gasteiger partial charge on any atom is -0.493 e. The summed E-state index contributed by atoms with van der Waals surface area (Å²) in [4.78, 5) is 26.4. The van der Waals surface area contributed by atoms with E-state index in [4.69, 9.17) is 15.2 Å². The van der Waals surface area contributed by atoms with Crippen LogP contribution in [0, 0.1) is 0 Å². The van der Waals surface area contributed by atoms with Gasteiger partial charge < -0.3 is 25.8 Å². The number of amides is 2. The molecule has 164 valence electrons. The summed E-state index contributed by atoms with van der Waals surface area (Å²) in [6.07, 6.45) is -0.427. The second-order valence-corrected chi connectivity index (χ2v) is 7.55. The molecular formula is C25H25N3O4. The standard InChI is InChI=1S/C25H25N3O4/c26-16-19-9-6-10-20(15-19)27-23(29)25(13-14-31-22-12-5-4-11-21(22)25)28-24(30)32-17-18-7-2-1-3-8-18/h1-12,15H,13-14,16-17,26H2,(H,27,29)(H,28,30)/t25-/m0/s1. The normalized spacial score (nSPS) is 16.9. The van der Waals surface area contributed by atoms with Gasteiger partial charge in [0.25, 0.3) is 5.91 Å². The summed E-state index contributed by atoms with van der Waals surface area (Å²) in [5.41, 5.74) is 7.30. The third-order valence-corrected chi connectivity index (χ3v) is 5.42. The van der Waals surface area contributed by atoms with E-state index in [0.717, 1.165) is 11.1 Å². The first kappa shape index (κ1) is 21.4. The van der Waals surface area contributed by atoms with Crippen LogP contribution in [0.1, 0.15) is 23.1 Å². The molecule has 1 aliphatic rings. The highest BCUT2D eigenvalue weighted by Gasteiger charge is 2.46. The first-order chi connectivity index (χ1) is 15.6. The number of hydrogen-bond donors (Lipinski definition) is 3. The number of fused-ring (bicyclic) bond motifs is 1. The zero-order chi connectivity index (χ0) is 22.4. The lowest BCUT2D eigenvalue weighted by molar-refractivity contribution is -0.123. The maximum Gasteiger partial charge on any atom is 0.408 e. The Bertz CT molecular complexity index is 1100. The fraction of sp³-hybridized carbons (Fsp3) is 0.200. The van der Waals surface area contributed by atoms with E-state index in [1.807, 2.05) is 60.7 Å². The van der Waals surface area contributed by atoms with E-state index < -0.39 is 11.6 Å². The van der Waals surface area contributed by atoms with Crippen LogP contribution in [0.3, 0.4) is 0 Å². The van der Waals surface area contributed by atoms with Crippen LogP contribution in [-0.2, 0) is 28.2 Å². The van der Waals surface area contributed by atoms with Gasteiger partial charge in [-0.3, -0.25) is 4.79 Å². The largest absolute Gasteiger partial charge is 0.493 e. The highest BCUT2D eigenvalue weighted by molar-refractivity contribution is 6.01.